The second-order valence-electron chi connectivity index (χ2n) is 6.01. The van der Waals surface area contributed by atoms with Gasteiger partial charge in [-0.15, -0.1) is 0 Å². The first kappa shape index (κ1) is 18.5. The molecule has 0 bridgehead atoms. The molecule has 0 fully saturated rings. The number of hydrogen-bond donors (Lipinski definition) is 2. The van der Waals surface area contributed by atoms with Crippen molar-refractivity contribution in [2.75, 3.05) is 24.9 Å². The number of rotatable bonds is 7. The second-order valence-corrected chi connectivity index (χ2v) is 6.01. The minimum atomic E-state index is 0.665. The molecular formula is C21H24N4O2. The number of ether oxygens (including phenoxy) is 2. The molecule has 0 aliphatic carbocycles. The van der Waals surface area contributed by atoms with Gasteiger partial charge in [0.15, 0.2) is 0 Å². The Morgan fingerprint density at radius 2 is 1.56 bits per heavy atom. The molecule has 0 amide bonds. The van der Waals surface area contributed by atoms with E-state index in [0.29, 0.717) is 17.4 Å². The topological polar surface area (TPSA) is 68.3 Å². The van der Waals surface area contributed by atoms with Crippen LogP contribution in [0, 0.1) is 6.92 Å². The summed E-state index contributed by atoms with van der Waals surface area (Å²) in [5, 5.41) is 6.69. The highest BCUT2D eigenvalue weighted by atomic mass is 16.5. The predicted octanol–water partition coefficient (Wildman–Crippen LogP) is 4.85. The summed E-state index contributed by atoms with van der Waals surface area (Å²) in [6.45, 7) is 4.00. The van der Waals surface area contributed by atoms with Crippen LogP contribution in [0.2, 0.25) is 0 Å². The van der Waals surface area contributed by atoms with Crippen LogP contribution in [0.5, 0.6) is 11.5 Å². The molecule has 1 aromatic heterocycles. The van der Waals surface area contributed by atoms with Gasteiger partial charge in [0.25, 0.3) is 0 Å². The smallest absolute Gasteiger partial charge is 0.142 e. The van der Waals surface area contributed by atoms with E-state index in [4.69, 9.17) is 9.47 Å². The van der Waals surface area contributed by atoms with Gasteiger partial charge in [-0.3, -0.25) is 0 Å². The zero-order valence-corrected chi connectivity index (χ0v) is 16.0. The number of methoxy groups -OCH3 is 2. The number of nitrogens with zero attached hydrogens (tertiary/aromatic N) is 2. The molecule has 0 spiro atoms. The van der Waals surface area contributed by atoms with E-state index in [1.54, 1.807) is 14.2 Å². The minimum absolute atomic E-state index is 0.665. The first-order valence-corrected chi connectivity index (χ1v) is 8.82. The molecule has 2 aromatic carbocycles. The second kappa shape index (κ2) is 8.40. The van der Waals surface area contributed by atoms with E-state index in [1.165, 1.54) is 5.56 Å². The lowest BCUT2D eigenvalue weighted by Crippen LogP contribution is -2.03. The van der Waals surface area contributed by atoms with E-state index < -0.39 is 0 Å². The predicted molar refractivity (Wildman–Crippen MR) is 109 cm³/mol. The average Bonchev–Trinajstić information content (AvgIpc) is 2.68. The number of anilines is 4. The molecule has 0 aliphatic heterocycles. The molecule has 27 heavy (non-hydrogen) atoms. The molecule has 3 aromatic rings. The van der Waals surface area contributed by atoms with E-state index >= 15 is 0 Å². The van der Waals surface area contributed by atoms with Crippen molar-refractivity contribution in [3.63, 3.8) is 0 Å². The van der Waals surface area contributed by atoms with E-state index in [9.17, 15) is 0 Å². The third kappa shape index (κ3) is 4.47. The van der Waals surface area contributed by atoms with Gasteiger partial charge in [-0.1, -0.05) is 25.1 Å². The Labute approximate surface area is 159 Å². The number of benzene rings is 2. The van der Waals surface area contributed by atoms with Crippen molar-refractivity contribution in [2.24, 2.45) is 0 Å². The molecule has 0 saturated carbocycles. The van der Waals surface area contributed by atoms with E-state index in [0.717, 1.165) is 29.4 Å². The molecule has 6 nitrogen and oxygen atoms in total. The van der Waals surface area contributed by atoms with Crippen molar-refractivity contribution in [3.05, 3.63) is 59.9 Å². The van der Waals surface area contributed by atoms with Gasteiger partial charge in [0.1, 0.15) is 29.0 Å². The lowest BCUT2D eigenvalue weighted by atomic mass is 10.1. The number of nitrogens with one attached hydrogen (secondary N) is 2. The summed E-state index contributed by atoms with van der Waals surface area (Å²) in [5.74, 6) is 3.51. The maximum absolute atomic E-state index is 5.43. The Bertz CT molecular complexity index is 928. The lowest BCUT2D eigenvalue weighted by molar-refractivity contribution is 0.405. The standard InChI is InChI=1S/C21H24N4O2/c1-5-15-8-6-7-9-17(15)24-20-13-21(23-14(2)22-20)25-18-12-16(26-3)10-11-19(18)27-4/h6-13H,5H2,1-4H3,(H2,22,23,24,25). The summed E-state index contributed by atoms with van der Waals surface area (Å²) in [4.78, 5) is 8.99. The summed E-state index contributed by atoms with van der Waals surface area (Å²) < 4.78 is 10.7. The third-order valence-electron chi connectivity index (χ3n) is 4.17. The van der Waals surface area contributed by atoms with Gasteiger partial charge < -0.3 is 20.1 Å². The lowest BCUT2D eigenvalue weighted by Gasteiger charge is -2.14. The van der Waals surface area contributed by atoms with Crippen LogP contribution in [0.4, 0.5) is 23.0 Å². The highest BCUT2D eigenvalue weighted by Gasteiger charge is 2.09. The summed E-state index contributed by atoms with van der Waals surface area (Å²) in [5.41, 5.74) is 3.05. The molecule has 1 heterocycles. The van der Waals surface area contributed by atoms with Gasteiger partial charge in [-0.2, -0.15) is 0 Å². The van der Waals surface area contributed by atoms with Crippen LogP contribution in [0.25, 0.3) is 0 Å². The summed E-state index contributed by atoms with van der Waals surface area (Å²) in [7, 11) is 3.26. The maximum Gasteiger partial charge on any atom is 0.142 e. The van der Waals surface area contributed by atoms with Crippen LogP contribution in [0.1, 0.15) is 18.3 Å². The maximum atomic E-state index is 5.43. The summed E-state index contributed by atoms with van der Waals surface area (Å²) in [6.07, 6.45) is 0.944. The highest BCUT2D eigenvalue weighted by molar-refractivity contribution is 5.69. The zero-order chi connectivity index (χ0) is 19.2. The normalized spacial score (nSPS) is 10.4. The molecule has 6 heteroatoms. The van der Waals surface area contributed by atoms with Crippen molar-refractivity contribution in [1.29, 1.82) is 0 Å². The Morgan fingerprint density at radius 1 is 0.852 bits per heavy atom. The molecule has 2 N–H and O–H groups in total. The van der Waals surface area contributed by atoms with Gasteiger partial charge >= 0.3 is 0 Å². The van der Waals surface area contributed by atoms with E-state index in [1.807, 2.05) is 43.3 Å². The molecule has 3 rings (SSSR count). The van der Waals surface area contributed by atoms with Gasteiger partial charge in [0, 0.05) is 17.8 Å². The third-order valence-corrected chi connectivity index (χ3v) is 4.17. The molecule has 140 valence electrons. The Balaban J connectivity index is 1.90. The highest BCUT2D eigenvalue weighted by Crippen LogP contribution is 2.31. The van der Waals surface area contributed by atoms with Gasteiger partial charge in [-0.25, -0.2) is 9.97 Å². The Morgan fingerprint density at radius 3 is 2.22 bits per heavy atom. The van der Waals surface area contributed by atoms with E-state index in [2.05, 4.69) is 39.7 Å². The summed E-state index contributed by atoms with van der Waals surface area (Å²) in [6, 6.07) is 15.7. The largest absolute Gasteiger partial charge is 0.497 e. The van der Waals surface area contributed by atoms with Gasteiger partial charge in [-0.05, 0) is 37.1 Å². The number of aryl methyl sites for hydroxylation is 2. The van der Waals surface area contributed by atoms with Crippen LogP contribution < -0.4 is 20.1 Å². The van der Waals surface area contributed by atoms with Gasteiger partial charge in [0.05, 0.1) is 19.9 Å². The average molecular weight is 364 g/mol. The van der Waals surface area contributed by atoms with Crippen LogP contribution in [-0.2, 0) is 6.42 Å². The van der Waals surface area contributed by atoms with Crippen molar-refractivity contribution in [1.82, 2.24) is 9.97 Å². The number of para-hydroxylation sites is 1. The van der Waals surface area contributed by atoms with Crippen molar-refractivity contribution >= 4 is 23.0 Å². The van der Waals surface area contributed by atoms with Crippen LogP contribution in [0.15, 0.2) is 48.5 Å². The first-order chi connectivity index (χ1) is 13.1. The van der Waals surface area contributed by atoms with Crippen LogP contribution in [0.3, 0.4) is 0 Å². The molecule has 0 radical (unpaired) electrons. The van der Waals surface area contributed by atoms with E-state index in [-0.39, 0.29) is 0 Å². The van der Waals surface area contributed by atoms with Crippen molar-refractivity contribution < 1.29 is 9.47 Å². The number of hydrogen-bond acceptors (Lipinski definition) is 6. The fraction of sp³-hybridized carbons (Fsp3) is 0.238. The fourth-order valence-electron chi connectivity index (χ4n) is 2.83. The Kier molecular flexibility index (Phi) is 5.76. The zero-order valence-electron chi connectivity index (χ0n) is 16.0. The monoisotopic (exact) mass is 364 g/mol. The van der Waals surface area contributed by atoms with Crippen molar-refractivity contribution in [3.8, 4) is 11.5 Å². The molecule has 0 atom stereocenters. The molecule has 0 aliphatic rings. The summed E-state index contributed by atoms with van der Waals surface area (Å²) >= 11 is 0. The molecule has 0 saturated heterocycles. The Hall–Kier alpha value is -3.28. The molecular weight excluding hydrogens is 340 g/mol. The number of aromatic nitrogens is 2. The SMILES string of the molecule is CCc1ccccc1Nc1cc(Nc2cc(OC)ccc2OC)nc(C)n1. The minimum Gasteiger partial charge on any atom is -0.497 e. The first-order valence-electron chi connectivity index (χ1n) is 8.82. The van der Waals surface area contributed by atoms with Gasteiger partial charge in [0.2, 0.25) is 0 Å². The quantitative estimate of drug-likeness (QED) is 0.624. The van der Waals surface area contributed by atoms with Crippen LogP contribution >= 0.6 is 0 Å². The van der Waals surface area contributed by atoms with Crippen molar-refractivity contribution in [2.45, 2.75) is 20.3 Å². The molecule has 0 unspecified atom stereocenters. The van der Waals surface area contributed by atoms with Crippen LogP contribution in [-0.4, -0.2) is 24.2 Å². The fourth-order valence-corrected chi connectivity index (χ4v) is 2.83.